The molecule has 0 aliphatic heterocycles. The molecule has 0 spiro atoms. The zero-order valence-electron chi connectivity index (χ0n) is 16.0. The summed E-state index contributed by atoms with van der Waals surface area (Å²) in [7, 11) is 6.22. The molecule has 0 radical (unpaired) electrons. The molecule has 0 bridgehead atoms. The predicted octanol–water partition coefficient (Wildman–Crippen LogP) is 1.76. The number of hydrogen-bond donors (Lipinski definition) is 1. The van der Waals surface area contributed by atoms with Crippen molar-refractivity contribution in [1.82, 2.24) is 19.4 Å². The standard InChI is InChI=1S/C20H19N5O3/c1-6-12-13-11-21-20(22-14-9-7-8-10-15(14)28-5)23-17(13)25(4)19(27)16(12)18(26)24(2)3/h1,7-11H,2-5H3,(H,21,22,23). The van der Waals surface area contributed by atoms with Gasteiger partial charge in [-0.05, 0) is 12.1 Å². The number of terminal acetylenes is 1. The van der Waals surface area contributed by atoms with E-state index in [-0.39, 0.29) is 17.1 Å². The molecule has 0 saturated heterocycles. The van der Waals surface area contributed by atoms with Gasteiger partial charge in [-0.3, -0.25) is 14.2 Å². The smallest absolute Gasteiger partial charge is 0.266 e. The fraction of sp³-hybridized carbons (Fsp3) is 0.200. The van der Waals surface area contributed by atoms with Crippen LogP contribution < -0.4 is 15.6 Å². The highest BCUT2D eigenvalue weighted by atomic mass is 16.5. The second kappa shape index (κ2) is 7.40. The Hall–Kier alpha value is -3.86. The highest BCUT2D eigenvalue weighted by Gasteiger charge is 2.23. The predicted molar refractivity (Wildman–Crippen MR) is 107 cm³/mol. The first-order valence-electron chi connectivity index (χ1n) is 8.37. The average molecular weight is 377 g/mol. The van der Waals surface area contributed by atoms with E-state index in [0.29, 0.717) is 22.5 Å². The van der Waals surface area contributed by atoms with Gasteiger partial charge in [0.2, 0.25) is 5.95 Å². The zero-order chi connectivity index (χ0) is 20.4. The number of ether oxygens (including phenoxy) is 1. The number of benzene rings is 1. The Kier molecular flexibility index (Phi) is 5.00. The van der Waals surface area contributed by atoms with E-state index in [1.54, 1.807) is 27.3 Å². The summed E-state index contributed by atoms with van der Waals surface area (Å²) in [5.74, 6) is 2.87. The van der Waals surface area contributed by atoms with Crippen LogP contribution in [0.2, 0.25) is 0 Å². The van der Waals surface area contributed by atoms with Crippen molar-refractivity contribution in [2.24, 2.45) is 7.05 Å². The molecule has 2 aromatic heterocycles. The summed E-state index contributed by atoms with van der Waals surface area (Å²) in [5.41, 5.74) is 0.588. The van der Waals surface area contributed by atoms with Crippen molar-refractivity contribution in [2.75, 3.05) is 26.5 Å². The molecule has 0 fully saturated rings. The highest BCUT2D eigenvalue weighted by Crippen LogP contribution is 2.26. The van der Waals surface area contributed by atoms with Crippen molar-refractivity contribution in [1.29, 1.82) is 0 Å². The molecule has 28 heavy (non-hydrogen) atoms. The van der Waals surface area contributed by atoms with Crippen LogP contribution in [0.15, 0.2) is 35.3 Å². The quantitative estimate of drug-likeness (QED) is 0.697. The molecule has 0 unspecified atom stereocenters. The summed E-state index contributed by atoms with van der Waals surface area (Å²) in [6, 6.07) is 7.31. The molecule has 8 heteroatoms. The van der Waals surface area contributed by atoms with Crippen LogP contribution in [0.25, 0.3) is 11.0 Å². The maximum absolute atomic E-state index is 12.8. The normalized spacial score (nSPS) is 10.4. The average Bonchev–Trinajstić information content (AvgIpc) is 2.70. The van der Waals surface area contributed by atoms with Crippen LogP contribution in [0, 0.1) is 12.3 Å². The van der Waals surface area contributed by atoms with Gasteiger partial charge in [-0.2, -0.15) is 4.98 Å². The number of aromatic nitrogens is 3. The highest BCUT2D eigenvalue weighted by molar-refractivity contribution is 6.01. The SMILES string of the molecule is C#Cc1c(C(=O)N(C)C)c(=O)n(C)c2nc(Nc3ccccc3OC)ncc12. The molecule has 3 rings (SSSR count). The molecule has 0 saturated carbocycles. The third-order valence-electron chi connectivity index (χ3n) is 4.24. The van der Waals surface area contributed by atoms with E-state index in [4.69, 9.17) is 11.2 Å². The first kappa shape index (κ1) is 18.9. The maximum Gasteiger partial charge on any atom is 0.266 e. The van der Waals surface area contributed by atoms with Crippen LogP contribution in [0.1, 0.15) is 15.9 Å². The van der Waals surface area contributed by atoms with Crippen LogP contribution >= 0.6 is 0 Å². The molecule has 0 atom stereocenters. The summed E-state index contributed by atoms with van der Waals surface area (Å²) < 4.78 is 6.60. The number of amides is 1. The van der Waals surface area contributed by atoms with Crippen LogP contribution in [0.3, 0.4) is 0 Å². The summed E-state index contributed by atoms with van der Waals surface area (Å²) >= 11 is 0. The number of aryl methyl sites for hydroxylation is 1. The third kappa shape index (κ3) is 3.14. The van der Waals surface area contributed by atoms with Crippen molar-refractivity contribution in [3.8, 4) is 18.1 Å². The van der Waals surface area contributed by atoms with Gasteiger partial charge in [0.05, 0.1) is 23.7 Å². The van der Waals surface area contributed by atoms with Gasteiger partial charge >= 0.3 is 0 Å². The van der Waals surface area contributed by atoms with Gasteiger partial charge in [0, 0.05) is 27.3 Å². The minimum absolute atomic E-state index is 0.0727. The maximum atomic E-state index is 12.8. The summed E-state index contributed by atoms with van der Waals surface area (Å²) in [6.07, 6.45) is 7.12. The molecule has 0 aliphatic rings. The monoisotopic (exact) mass is 377 g/mol. The molecular formula is C20H19N5O3. The first-order valence-corrected chi connectivity index (χ1v) is 8.37. The first-order chi connectivity index (χ1) is 13.4. The molecule has 1 amide bonds. The van der Waals surface area contributed by atoms with Crippen molar-refractivity contribution in [3.05, 3.63) is 51.9 Å². The fourth-order valence-corrected chi connectivity index (χ4v) is 2.81. The molecule has 1 N–H and O–H groups in total. The fourth-order valence-electron chi connectivity index (χ4n) is 2.81. The van der Waals surface area contributed by atoms with Crippen LogP contribution in [-0.4, -0.2) is 46.5 Å². The molecule has 0 aliphatic carbocycles. The minimum Gasteiger partial charge on any atom is -0.495 e. The summed E-state index contributed by atoms with van der Waals surface area (Å²) in [6.45, 7) is 0. The van der Waals surface area contributed by atoms with Crippen LogP contribution in [-0.2, 0) is 7.05 Å². The largest absolute Gasteiger partial charge is 0.495 e. The second-order valence-electron chi connectivity index (χ2n) is 6.21. The van der Waals surface area contributed by atoms with Crippen LogP contribution in [0.5, 0.6) is 5.75 Å². The van der Waals surface area contributed by atoms with E-state index in [2.05, 4.69) is 21.2 Å². The van der Waals surface area contributed by atoms with E-state index >= 15 is 0 Å². The molecule has 1 aromatic carbocycles. The molecule has 142 valence electrons. The van der Waals surface area contributed by atoms with Crippen molar-refractivity contribution < 1.29 is 9.53 Å². The molecular weight excluding hydrogens is 358 g/mol. The number of nitrogens with zero attached hydrogens (tertiary/aromatic N) is 4. The number of hydrogen-bond acceptors (Lipinski definition) is 6. The Morgan fingerprint density at radius 2 is 2.04 bits per heavy atom. The Morgan fingerprint density at radius 1 is 1.32 bits per heavy atom. The Labute approximate surface area is 161 Å². The van der Waals surface area contributed by atoms with Gasteiger partial charge in [-0.25, -0.2) is 4.98 Å². The lowest BCUT2D eigenvalue weighted by Crippen LogP contribution is -2.33. The number of rotatable bonds is 4. The number of methoxy groups -OCH3 is 1. The van der Waals surface area contributed by atoms with E-state index in [1.165, 1.54) is 22.7 Å². The van der Waals surface area contributed by atoms with Crippen molar-refractivity contribution >= 4 is 28.6 Å². The van der Waals surface area contributed by atoms with Crippen molar-refractivity contribution in [3.63, 3.8) is 0 Å². The van der Waals surface area contributed by atoms with E-state index < -0.39 is 11.5 Å². The number of pyridine rings is 1. The Bertz CT molecular complexity index is 1170. The van der Waals surface area contributed by atoms with Gasteiger partial charge in [0.1, 0.15) is 17.0 Å². The van der Waals surface area contributed by atoms with E-state index in [1.807, 2.05) is 18.2 Å². The van der Waals surface area contributed by atoms with Gasteiger partial charge in [0.25, 0.3) is 11.5 Å². The number of carbonyl (C=O) groups is 1. The molecule has 3 aromatic rings. The lowest BCUT2D eigenvalue weighted by Gasteiger charge is -2.15. The molecule has 8 nitrogen and oxygen atoms in total. The zero-order valence-corrected chi connectivity index (χ0v) is 16.0. The minimum atomic E-state index is -0.513. The summed E-state index contributed by atoms with van der Waals surface area (Å²) in [5, 5.41) is 3.51. The molecule has 2 heterocycles. The van der Waals surface area contributed by atoms with Gasteiger partial charge < -0.3 is 15.0 Å². The van der Waals surface area contributed by atoms with Gasteiger partial charge in [-0.1, -0.05) is 18.1 Å². The third-order valence-corrected chi connectivity index (χ3v) is 4.24. The Balaban J connectivity index is 2.20. The van der Waals surface area contributed by atoms with Gasteiger partial charge in [0.15, 0.2) is 0 Å². The van der Waals surface area contributed by atoms with E-state index in [9.17, 15) is 9.59 Å². The van der Waals surface area contributed by atoms with Gasteiger partial charge in [-0.15, -0.1) is 6.42 Å². The number of para-hydroxylation sites is 2. The van der Waals surface area contributed by atoms with E-state index in [0.717, 1.165) is 0 Å². The number of fused-ring (bicyclic) bond motifs is 1. The number of anilines is 2. The lowest BCUT2D eigenvalue weighted by molar-refractivity contribution is 0.0825. The summed E-state index contributed by atoms with van der Waals surface area (Å²) in [4.78, 5) is 35.3. The number of carbonyl (C=O) groups excluding carboxylic acids is 1. The lowest BCUT2D eigenvalue weighted by atomic mass is 10.1. The van der Waals surface area contributed by atoms with Crippen LogP contribution in [0.4, 0.5) is 11.6 Å². The Morgan fingerprint density at radius 3 is 2.68 bits per heavy atom. The second-order valence-corrected chi connectivity index (χ2v) is 6.21. The topological polar surface area (TPSA) is 89.4 Å². The number of nitrogens with one attached hydrogen (secondary N) is 1. The van der Waals surface area contributed by atoms with Crippen molar-refractivity contribution in [2.45, 2.75) is 0 Å².